The summed E-state index contributed by atoms with van der Waals surface area (Å²) in [6.45, 7) is 8.81. The van der Waals surface area contributed by atoms with Crippen LogP contribution in [-0.4, -0.2) is 59.8 Å². The van der Waals surface area contributed by atoms with E-state index in [2.05, 4.69) is 44.9 Å². The first-order valence-corrected chi connectivity index (χ1v) is 9.81. The van der Waals surface area contributed by atoms with Gasteiger partial charge in [-0.2, -0.15) is 0 Å². The van der Waals surface area contributed by atoms with Crippen molar-refractivity contribution >= 4 is 17.0 Å². The maximum atomic E-state index is 5.65. The van der Waals surface area contributed by atoms with Crippen LogP contribution in [0.3, 0.4) is 0 Å². The smallest absolute Gasteiger partial charge is 0.193 e. The number of aryl methyl sites for hydroxylation is 1. The van der Waals surface area contributed by atoms with Crippen molar-refractivity contribution in [2.24, 2.45) is 10.4 Å². The molecular weight excluding hydrogens is 326 g/mol. The van der Waals surface area contributed by atoms with Crippen molar-refractivity contribution < 1.29 is 4.74 Å². The van der Waals surface area contributed by atoms with Crippen molar-refractivity contribution in [3.63, 3.8) is 0 Å². The third-order valence-electron chi connectivity index (χ3n) is 5.60. The van der Waals surface area contributed by atoms with Crippen LogP contribution in [0, 0.1) is 5.41 Å². The molecule has 2 aliphatic rings. The van der Waals surface area contributed by atoms with E-state index in [0.29, 0.717) is 5.41 Å². The molecule has 1 unspecified atom stereocenters. The SMILES string of the molecule is CCNC(=NCCCn1cnc2ccccc21)N1CCC2(CCOC2)C1. The number of imidazole rings is 1. The molecule has 6 nitrogen and oxygen atoms in total. The third-order valence-corrected chi connectivity index (χ3v) is 5.60. The molecule has 1 atom stereocenters. The van der Waals surface area contributed by atoms with Gasteiger partial charge in [-0.1, -0.05) is 12.1 Å². The number of likely N-dealkylation sites (tertiary alicyclic amines) is 1. The zero-order chi connectivity index (χ0) is 17.8. The Bertz CT molecular complexity index is 762. The van der Waals surface area contributed by atoms with Crippen LogP contribution < -0.4 is 5.32 Å². The minimum atomic E-state index is 0.367. The fourth-order valence-electron chi connectivity index (χ4n) is 4.13. The highest BCUT2D eigenvalue weighted by atomic mass is 16.5. The summed E-state index contributed by atoms with van der Waals surface area (Å²) in [5, 5.41) is 3.47. The van der Waals surface area contributed by atoms with Crippen molar-refractivity contribution in [3.8, 4) is 0 Å². The molecule has 1 aromatic heterocycles. The Hall–Kier alpha value is -2.08. The zero-order valence-corrected chi connectivity index (χ0v) is 15.7. The Morgan fingerprint density at radius 2 is 2.27 bits per heavy atom. The summed E-state index contributed by atoms with van der Waals surface area (Å²) in [5.74, 6) is 1.06. The molecule has 1 spiro atoms. The summed E-state index contributed by atoms with van der Waals surface area (Å²) in [7, 11) is 0. The number of hydrogen-bond donors (Lipinski definition) is 1. The molecule has 0 amide bonds. The van der Waals surface area contributed by atoms with Crippen LogP contribution in [-0.2, 0) is 11.3 Å². The predicted molar refractivity (Wildman–Crippen MR) is 104 cm³/mol. The molecule has 3 heterocycles. The molecule has 2 aliphatic heterocycles. The molecule has 1 aromatic carbocycles. The standard InChI is InChI=1S/C20H29N5O/c1-2-21-19(24-12-8-20(14-24)9-13-26-15-20)22-10-5-11-25-16-23-17-6-3-4-7-18(17)25/h3-4,6-7,16H,2,5,8-15H2,1H3,(H,21,22). The molecule has 0 radical (unpaired) electrons. The van der Waals surface area contributed by atoms with Gasteiger partial charge in [-0.25, -0.2) is 4.98 Å². The zero-order valence-electron chi connectivity index (χ0n) is 15.7. The molecule has 26 heavy (non-hydrogen) atoms. The number of aromatic nitrogens is 2. The Morgan fingerprint density at radius 1 is 1.35 bits per heavy atom. The van der Waals surface area contributed by atoms with Crippen molar-refractivity contribution in [1.29, 1.82) is 0 Å². The van der Waals surface area contributed by atoms with Gasteiger partial charge in [0.05, 0.1) is 24.0 Å². The molecule has 140 valence electrons. The number of para-hydroxylation sites is 2. The van der Waals surface area contributed by atoms with Gasteiger partial charge in [-0.05, 0) is 38.3 Å². The number of benzene rings is 1. The molecule has 2 fully saturated rings. The summed E-state index contributed by atoms with van der Waals surface area (Å²) in [6, 6.07) is 8.29. The second-order valence-corrected chi connectivity index (χ2v) is 7.49. The van der Waals surface area contributed by atoms with E-state index in [0.717, 1.165) is 63.8 Å². The van der Waals surface area contributed by atoms with Gasteiger partial charge in [0.25, 0.3) is 0 Å². The van der Waals surface area contributed by atoms with Crippen LogP contribution in [0.4, 0.5) is 0 Å². The molecular formula is C20H29N5O. The Kier molecular flexibility index (Phi) is 5.11. The van der Waals surface area contributed by atoms with Crippen LogP contribution in [0.1, 0.15) is 26.2 Å². The number of rotatable bonds is 5. The largest absolute Gasteiger partial charge is 0.381 e. The first-order chi connectivity index (χ1) is 12.8. The van der Waals surface area contributed by atoms with Gasteiger partial charge < -0.3 is 19.5 Å². The second kappa shape index (κ2) is 7.66. The number of nitrogens with one attached hydrogen (secondary N) is 1. The quantitative estimate of drug-likeness (QED) is 0.509. The van der Waals surface area contributed by atoms with E-state index in [1.54, 1.807) is 0 Å². The minimum absolute atomic E-state index is 0.367. The lowest BCUT2D eigenvalue weighted by molar-refractivity contribution is 0.156. The summed E-state index contributed by atoms with van der Waals surface area (Å²) in [5.41, 5.74) is 2.63. The monoisotopic (exact) mass is 355 g/mol. The van der Waals surface area contributed by atoms with E-state index in [9.17, 15) is 0 Å². The van der Waals surface area contributed by atoms with Gasteiger partial charge >= 0.3 is 0 Å². The molecule has 1 N–H and O–H groups in total. The summed E-state index contributed by atoms with van der Waals surface area (Å²) in [6.07, 6.45) is 5.36. The normalized spacial score (nSPS) is 23.4. The average molecular weight is 355 g/mol. The fraction of sp³-hybridized carbons (Fsp3) is 0.600. The number of hydrogen-bond acceptors (Lipinski definition) is 3. The number of nitrogens with zero attached hydrogens (tertiary/aromatic N) is 4. The Morgan fingerprint density at radius 3 is 3.12 bits per heavy atom. The predicted octanol–water partition coefficient (Wildman–Crippen LogP) is 2.50. The van der Waals surface area contributed by atoms with E-state index in [1.807, 2.05) is 12.4 Å². The van der Waals surface area contributed by atoms with Crippen LogP contribution in [0.15, 0.2) is 35.6 Å². The molecule has 4 rings (SSSR count). The molecule has 2 aromatic rings. The Labute approximate surface area is 155 Å². The number of ether oxygens (including phenoxy) is 1. The van der Waals surface area contributed by atoms with Crippen molar-refractivity contribution in [2.45, 2.75) is 32.7 Å². The minimum Gasteiger partial charge on any atom is -0.381 e. The van der Waals surface area contributed by atoms with Crippen LogP contribution >= 0.6 is 0 Å². The molecule has 6 heteroatoms. The lowest BCUT2D eigenvalue weighted by Crippen LogP contribution is -2.41. The summed E-state index contributed by atoms with van der Waals surface area (Å²) >= 11 is 0. The van der Waals surface area contributed by atoms with Crippen LogP contribution in [0.25, 0.3) is 11.0 Å². The number of fused-ring (bicyclic) bond motifs is 1. The van der Waals surface area contributed by atoms with Gasteiger partial charge in [-0.3, -0.25) is 4.99 Å². The first kappa shape index (κ1) is 17.3. The van der Waals surface area contributed by atoms with Gasteiger partial charge in [0.1, 0.15) is 0 Å². The van der Waals surface area contributed by atoms with Gasteiger partial charge in [0, 0.05) is 44.7 Å². The average Bonchev–Trinajstić information content (AvgIpc) is 3.39. The summed E-state index contributed by atoms with van der Waals surface area (Å²) in [4.78, 5) is 11.8. The Balaban J connectivity index is 1.34. The highest BCUT2D eigenvalue weighted by molar-refractivity contribution is 5.80. The first-order valence-electron chi connectivity index (χ1n) is 9.81. The van der Waals surface area contributed by atoms with Crippen LogP contribution in [0.5, 0.6) is 0 Å². The maximum absolute atomic E-state index is 5.65. The van der Waals surface area contributed by atoms with Crippen molar-refractivity contribution in [3.05, 3.63) is 30.6 Å². The molecule has 0 aliphatic carbocycles. The van der Waals surface area contributed by atoms with Gasteiger partial charge in [0.2, 0.25) is 0 Å². The lowest BCUT2D eigenvalue weighted by atomic mass is 9.87. The van der Waals surface area contributed by atoms with Crippen LogP contribution in [0.2, 0.25) is 0 Å². The van der Waals surface area contributed by atoms with E-state index in [-0.39, 0.29) is 0 Å². The lowest BCUT2D eigenvalue weighted by Gasteiger charge is -2.25. The van der Waals surface area contributed by atoms with E-state index < -0.39 is 0 Å². The van der Waals surface area contributed by atoms with Gasteiger partial charge in [0.15, 0.2) is 5.96 Å². The second-order valence-electron chi connectivity index (χ2n) is 7.49. The van der Waals surface area contributed by atoms with Crippen molar-refractivity contribution in [2.75, 3.05) is 39.4 Å². The number of guanidine groups is 1. The highest BCUT2D eigenvalue weighted by Crippen LogP contribution is 2.38. The fourth-order valence-corrected chi connectivity index (χ4v) is 4.13. The molecule has 2 saturated heterocycles. The van der Waals surface area contributed by atoms with E-state index in [4.69, 9.17) is 9.73 Å². The number of aliphatic imine (C=N–C) groups is 1. The highest BCUT2D eigenvalue weighted by Gasteiger charge is 2.42. The van der Waals surface area contributed by atoms with E-state index in [1.165, 1.54) is 18.4 Å². The molecule has 0 saturated carbocycles. The van der Waals surface area contributed by atoms with Crippen molar-refractivity contribution in [1.82, 2.24) is 19.8 Å². The summed E-state index contributed by atoms with van der Waals surface area (Å²) < 4.78 is 7.87. The van der Waals surface area contributed by atoms with E-state index >= 15 is 0 Å². The molecule has 0 bridgehead atoms. The maximum Gasteiger partial charge on any atom is 0.193 e. The van der Waals surface area contributed by atoms with Gasteiger partial charge in [-0.15, -0.1) is 0 Å². The third kappa shape index (κ3) is 3.56. The topological polar surface area (TPSA) is 54.7 Å².